The van der Waals surface area contributed by atoms with Crippen LogP contribution in [0.4, 0.5) is 5.69 Å². The van der Waals surface area contributed by atoms with E-state index in [-0.39, 0.29) is 23.9 Å². The van der Waals surface area contributed by atoms with Crippen LogP contribution < -0.4 is 5.32 Å². The number of nitrogens with one attached hydrogen (secondary N) is 1. The summed E-state index contributed by atoms with van der Waals surface area (Å²) in [7, 11) is 0. The number of phenols is 1. The van der Waals surface area contributed by atoms with Crippen molar-refractivity contribution >= 4 is 51.9 Å². The Bertz CT molecular complexity index is 939. The number of thioether (sulfide) groups is 1. The van der Waals surface area contributed by atoms with Crippen LogP contribution in [0.1, 0.15) is 5.56 Å². The molecule has 1 saturated heterocycles. The van der Waals surface area contributed by atoms with Crippen LogP contribution in [0.15, 0.2) is 71.7 Å². The zero-order chi connectivity index (χ0) is 19.2. The Balaban J connectivity index is 1.63. The van der Waals surface area contributed by atoms with Gasteiger partial charge in [-0.2, -0.15) is 0 Å². The highest BCUT2D eigenvalue weighted by atomic mass is 32.2. The van der Waals surface area contributed by atoms with Gasteiger partial charge in [0, 0.05) is 0 Å². The topological polar surface area (TPSA) is 69.6 Å². The lowest BCUT2D eigenvalue weighted by Gasteiger charge is -2.14. The molecule has 0 atom stereocenters. The van der Waals surface area contributed by atoms with Gasteiger partial charge in [-0.3, -0.25) is 14.5 Å². The van der Waals surface area contributed by atoms with Crippen molar-refractivity contribution in [1.82, 2.24) is 4.90 Å². The van der Waals surface area contributed by atoms with Gasteiger partial charge < -0.3 is 10.4 Å². The SMILES string of the molecule is O=C(CN1C(=O)C(=CC=Cc2ccccc2)SC1=S)Nc1ccccc1O. The molecule has 0 aliphatic carbocycles. The highest BCUT2D eigenvalue weighted by Gasteiger charge is 2.33. The van der Waals surface area contributed by atoms with E-state index in [0.717, 1.165) is 17.3 Å². The van der Waals surface area contributed by atoms with E-state index in [1.54, 1.807) is 30.4 Å². The van der Waals surface area contributed by atoms with E-state index in [2.05, 4.69) is 5.32 Å². The van der Waals surface area contributed by atoms with Crippen molar-refractivity contribution in [2.45, 2.75) is 0 Å². The second kappa shape index (κ2) is 8.66. The third kappa shape index (κ3) is 4.84. The quantitative estimate of drug-likeness (QED) is 0.457. The van der Waals surface area contributed by atoms with Crippen molar-refractivity contribution in [2.24, 2.45) is 0 Å². The number of hydrogen-bond donors (Lipinski definition) is 2. The van der Waals surface area contributed by atoms with E-state index in [4.69, 9.17) is 12.2 Å². The van der Waals surface area contributed by atoms with Gasteiger partial charge in [0.15, 0.2) is 0 Å². The van der Waals surface area contributed by atoms with E-state index >= 15 is 0 Å². The number of carbonyl (C=O) groups is 2. The van der Waals surface area contributed by atoms with Crippen LogP contribution in [0.2, 0.25) is 0 Å². The van der Waals surface area contributed by atoms with Crippen molar-refractivity contribution in [3.63, 3.8) is 0 Å². The third-order valence-electron chi connectivity index (χ3n) is 3.69. The minimum Gasteiger partial charge on any atom is -0.506 e. The number of phenolic OH excluding ortho intramolecular Hbond substituents is 1. The first-order chi connectivity index (χ1) is 13.0. The highest BCUT2D eigenvalue weighted by Crippen LogP contribution is 2.31. The highest BCUT2D eigenvalue weighted by molar-refractivity contribution is 8.26. The number of nitrogens with zero attached hydrogens (tertiary/aromatic N) is 1. The molecule has 1 heterocycles. The van der Waals surface area contributed by atoms with Crippen LogP contribution >= 0.6 is 24.0 Å². The zero-order valence-corrected chi connectivity index (χ0v) is 15.8. The molecule has 7 heteroatoms. The van der Waals surface area contributed by atoms with Gasteiger partial charge in [-0.15, -0.1) is 0 Å². The lowest BCUT2D eigenvalue weighted by molar-refractivity contribution is -0.126. The maximum absolute atomic E-state index is 12.5. The number of thiocarbonyl (C=S) groups is 1. The number of aromatic hydroxyl groups is 1. The summed E-state index contributed by atoms with van der Waals surface area (Å²) in [6.07, 6.45) is 5.36. The minimum atomic E-state index is -0.436. The maximum atomic E-state index is 12.5. The fourth-order valence-corrected chi connectivity index (χ4v) is 3.58. The monoisotopic (exact) mass is 396 g/mol. The maximum Gasteiger partial charge on any atom is 0.266 e. The van der Waals surface area contributed by atoms with Gasteiger partial charge in [-0.05, 0) is 23.8 Å². The number of anilines is 1. The predicted molar refractivity (Wildman–Crippen MR) is 112 cm³/mol. The Morgan fingerprint density at radius 3 is 2.59 bits per heavy atom. The fourth-order valence-electron chi connectivity index (χ4n) is 2.37. The molecule has 0 bridgehead atoms. The fraction of sp³-hybridized carbons (Fsp3) is 0.0500. The van der Waals surface area contributed by atoms with Crippen molar-refractivity contribution in [3.8, 4) is 5.75 Å². The number of allylic oxidation sites excluding steroid dienone is 2. The lowest BCUT2D eigenvalue weighted by Crippen LogP contribution is -2.36. The molecule has 2 aromatic rings. The molecular formula is C20H16N2O3S2. The summed E-state index contributed by atoms with van der Waals surface area (Å²) in [6.45, 7) is -0.210. The molecule has 0 spiro atoms. The smallest absolute Gasteiger partial charge is 0.266 e. The molecule has 27 heavy (non-hydrogen) atoms. The Hall–Kier alpha value is -2.90. The predicted octanol–water partition coefficient (Wildman–Crippen LogP) is 3.79. The normalized spacial score (nSPS) is 15.7. The van der Waals surface area contributed by atoms with Gasteiger partial charge in [0.2, 0.25) is 5.91 Å². The van der Waals surface area contributed by atoms with E-state index in [1.165, 1.54) is 11.0 Å². The van der Waals surface area contributed by atoms with Gasteiger partial charge >= 0.3 is 0 Å². The first-order valence-electron chi connectivity index (χ1n) is 8.09. The van der Waals surface area contributed by atoms with E-state index < -0.39 is 5.91 Å². The number of amides is 2. The first kappa shape index (κ1) is 18.9. The van der Waals surface area contributed by atoms with E-state index in [1.807, 2.05) is 36.4 Å². The standard InChI is InChI=1S/C20H16N2O3S2/c23-16-11-5-4-10-15(16)21-18(24)13-22-19(25)17(27-20(22)26)12-6-9-14-7-2-1-3-8-14/h1-12,23H,13H2,(H,21,24). The summed E-state index contributed by atoms with van der Waals surface area (Å²) < 4.78 is 0.326. The van der Waals surface area contributed by atoms with Gasteiger partial charge in [0.25, 0.3) is 5.91 Å². The second-order valence-electron chi connectivity index (χ2n) is 5.63. The minimum absolute atomic E-state index is 0.0396. The Labute approximate surface area is 166 Å². The third-order valence-corrected chi connectivity index (χ3v) is 5.09. The average Bonchev–Trinajstić information content (AvgIpc) is 2.92. The zero-order valence-electron chi connectivity index (χ0n) is 14.2. The molecule has 0 saturated carbocycles. The van der Waals surface area contributed by atoms with Gasteiger partial charge in [0.05, 0.1) is 10.6 Å². The summed E-state index contributed by atoms with van der Waals surface area (Å²) in [4.78, 5) is 26.4. The first-order valence-corrected chi connectivity index (χ1v) is 9.32. The Morgan fingerprint density at radius 2 is 1.85 bits per heavy atom. The summed E-state index contributed by atoms with van der Waals surface area (Å²) in [5.41, 5.74) is 1.31. The number of rotatable bonds is 5. The Kier molecular flexibility index (Phi) is 6.05. The molecule has 0 unspecified atom stereocenters. The van der Waals surface area contributed by atoms with Crippen LogP contribution in [0, 0.1) is 0 Å². The summed E-state index contributed by atoms with van der Waals surface area (Å²) in [5.74, 6) is -0.786. The molecule has 5 nitrogen and oxygen atoms in total. The van der Waals surface area contributed by atoms with Crippen LogP contribution in [0.3, 0.4) is 0 Å². The summed E-state index contributed by atoms with van der Waals surface area (Å²) >= 11 is 6.38. The number of para-hydroxylation sites is 2. The number of benzene rings is 2. The second-order valence-corrected chi connectivity index (χ2v) is 7.30. The van der Waals surface area contributed by atoms with Crippen LogP contribution in [-0.2, 0) is 9.59 Å². The average molecular weight is 396 g/mol. The molecule has 1 fully saturated rings. The number of carbonyl (C=O) groups excluding carboxylic acids is 2. The molecule has 2 N–H and O–H groups in total. The van der Waals surface area contributed by atoms with Crippen LogP contribution in [0.5, 0.6) is 5.75 Å². The summed E-state index contributed by atoms with van der Waals surface area (Å²) in [6, 6.07) is 16.1. The van der Waals surface area contributed by atoms with Crippen molar-refractivity contribution in [3.05, 3.63) is 77.2 Å². The van der Waals surface area contributed by atoms with E-state index in [0.29, 0.717) is 9.23 Å². The summed E-state index contributed by atoms with van der Waals surface area (Å²) in [5, 5.41) is 12.3. The van der Waals surface area contributed by atoms with E-state index in [9.17, 15) is 14.7 Å². The molecule has 2 aromatic carbocycles. The van der Waals surface area contributed by atoms with Gasteiger partial charge in [-0.1, -0.05) is 78.6 Å². The van der Waals surface area contributed by atoms with Gasteiger partial charge in [-0.25, -0.2) is 0 Å². The molecule has 3 rings (SSSR count). The van der Waals surface area contributed by atoms with Gasteiger partial charge in [0.1, 0.15) is 16.6 Å². The van der Waals surface area contributed by atoms with Crippen LogP contribution in [0.25, 0.3) is 6.08 Å². The number of hydrogen-bond acceptors (Lipinski definition) is 5. The Morgan fingerprint density at radius 1 is 1.15 bits per heavy atom. The molecule has 2 amide bonds. The molecule has 0 radical (unpaired) electrons. The van der Waals surface area contributed by atoms with Crippen molar-refractivity contribution < 1.29 is 14.7 Å². The van der Waals surface area contributed by atoms with Crippen molar-refractivity contribution in [2.75, 3.05) is 11.9 Å². The molecule has 1 aliphatic heterocycles. The molecular weight excluding hydrogens is 380 g/mol. The molecule has 0 aromatic heterocycles. The van der Waals surface area contributed by atoms with Crippen molar-refractivity contribution in [1.29, 1.82) is 0 Å². The molecule has 136 valence electrons. The largest absolute Gasteiger partial charge is 0.506 e. The molecule has 1 aliphatic rings. The lowest BCUT2D eigenvalue weighted by atomic mass is 10.2. The van der Waals surface area contributed by atoms with Crippen LogP contribution in [-0.4, -0.2) is 32.7 Å².